The summed E-state index contributed by atoms with van der Waals surface area (Å²) in [5.41, 5.74) is -0.492. The average molecular weight is 1460 g/mol. The molecule has 0 aliphatic carbocycles. The molecule has 18 unspecified atom stereocenters. The first-order chi connectivity index (χ1) is 47.5. The zero-order chi connectivity index (χ0) is 73.0. The van der Waals surface area contributed by atoms with Crippen LogP contribution in [0.1, 0.15) is 73.1 Å². The molecule has 0 bridgehead atoms. The van der Waals surface area contributed by atoms with Gasteiger partial charge in [-0.15, -0.1) is 0 Å². The molecule has 580 valence electrons. The van der Waals surface area contributed by atoms with E-state index >= 15 is 0 Å². The zero-order valence-electron chi connectivity index (χ0n) is 57.8. The van der Waals surface area contributed by atoms with E-state index in [1.165, 1.54) is 0 Å². The van der Waals surface area contributed by atoms with Crippen LogP contribution in [0.25, 0.3) is 0 Å². The number of carbonyl (C=O) groups excluding carboxylic acids is 5. The Hall–Kier alpha value is -3.26. The van der Waals surface area contributed by atoms with Gasteiger partial charge >= 0.3 is 7.60 Å². The fourth-order valence-electron chi connectivity index (χ4n) is 9.90. The highest BCUT2D eigenvalue weighted by Crippen LogP contribution is 2.46. The molecule has 0 spiro atoms. The lowest BCUT2D eigenvalue weighted by molar-refractivity contribution is -0.284. The number of aliphatic hydroxyl groups is 9. The molecule has 0 aromatic rings. The number of hydrogen-bond donors (Lipinski definition) is 14. The number of hydrogen-bond acceptors (Lipinski definition) is 31. The summed E-state index contributed by atoms with van der Waals surface area (Å²) in [6, 6.07) is -1.26. The van der Waals surface area contributed by atoms with Crippen LogP contribution in [0.15, 0.2) is 0 Å². The Morgan fingerprint density at radius 1 is 0.414 bits per heavy atom. The van der Waals surface area contributed by atoms with Gasteiger partial charge in [0.15, 0.2) is 18.9 Å². The van der Waals surface area contributed by atoms with Crippen molar-refractivity contribution in [3.8, 4) is 0 Å². The lowest BCUT2D eigenvalue weighted by Gasteiger charge is -2.40. The highest BCUT2D eigenvalue weighted by molar-refractivity contribution is 7.53. The molecule has 3 aliphatic rings. The summed E-state index contributed by atoms with van der Waals surface area (Å²) in [5, 5.41) is 101. The third kappa shape index (κ3) is 36.3. The Bertz CT molecular complexity index is 2220. The van der Waals surface area contributed by atoms with Gasteiger partial charge in [-0.2, -0.15) is 0 Å². The van der Waals surface area contributed by atoms with Crippen LogP contribution in [0, 0.1) is 23.7 Å². The van der Waals surface area contributed by atoms with Gasteiger partial charge in [0.25, 0.3) is 0 Å². The van der Waals surface area contributed by atoms with Gasteiger partial charge in [-0.3, -0.25) is 28.5 Å². The smallest absolute Gasteiger partial charge is 0.330 e. The van der Waals surface area contributed by atoms with Gasteiger partial charge in [-0.25, -0.2) is 0 Å². The first-order valence-electron chi connectivity index (χ1n) is 34.0. The molecule has 0 saturated carbocycles. The molecule has 0 radical (unpaired) electrons. The van der Waals surface area contributed by atoms with E-state index in [0.717, 1.165) is 0 Å². The second kappa shape index (κ2) is 52.7. The van der Waals surface area contributed by atoms with Crippen LogP contribution >= 0.6 is 7.60 Å². The highest BCUT2D eigenvalue weighted by Gasteiger charge is 2.45. The van der Waals surface area contributed by atoms with Crippen molar-refractivity contribution in [1.29, 1.82) is 0 Å². The Morgan fingerprint density at radius 2 is 0.747 bits per heavy atom. The van der Waals surface area contributed by atoms with Gasteiger partial charge in [0.05, 0.1) is 189 Å². The predicted molar refractivity (Wildman–Crippen MR) is 344 cm³/mol. The lowest BCUT2D eigenvalue weighted by Crippen LogP contribution is -2.55. The van der Waals surface area contributed by atoms with Crippen LogP contribution in [0.4, 0.5) is 0 Å². The van der Waals surface area contributed by atoms with Crippen LogP contribution in [0.3, 0.4) is 0 Å². The maximum absolute atomic E-state index is 13.7. The van der Waals surface area contributed by atoms with Crippen molar-refractivity contribution in [2.24, 2.45) is 23.7 Å². The van der Waals surface area contributed by atoms with Crippen molar-refractivity contribution >= 4 is 37.0 Å². The molecule has 0 aromatic heterocycles. The molecule has 0 aromatic carbocycles. The van der Waals surface area contributed by atoms with Gasteiger partial charge in [-0.1, -0.05) is 34.6 Å². The largest absolute Gasteiger partial charge is 0.394 e. The lowest BCUT2D eigenvalue weighted by atomic mass is 9.92. The minimum absolute atomic E-state index is 0.00113. The number of rotatable bonds is 58. The number of aliphatic hydroxyl groups excluding tert-OH is 9. The Kier molecular flexibility index (Phi) is 47.8. The first-order valence-corrected chi connectivity index (χ1v) is 35.6. The predicted octanol–water partition coefficient (Wildman–Crippen LogP) is -4.62. The van der Waals surface area contributed by atoms with Crippen LogP contribution in [0.2, 0.25) is 0 Å². The molecule has 36 nitrogen and oxygen atoms in total. The maximum Gasteiger partial charge on any atom is 0.330 e. The monoisotopic (exact) mass is 1460 g/mol. The van der Waals surface area contributed by atoms with Crippen molar-refractivity contribution in [1.82, 2.24) is 21.3 Å². The number of amides is 4. The molecule has 14 N–H and O–H groups in total. The number of carbonyl (C=O) groups is 5. The summed E-state index contributed by atoms with van der Waals surface area (Å²) in [6.45, 7) is 9.70. The number of Topliss-reactive ketones (excluding diaryl/α,β-unsaturated/α-hetero) is 1. The molecule has 3 fully saturated rings. The number of ether oxygens (including phenoxy) is 15. The molecule has 3 heterocycles. The van der Waals surface area contributed by atoms with Gasteiger partial charge in [0.1, 0.15) is 48.4 Å². The summed E-state index contributed by atoms with van der Waals surface area (Å²) in [6.07, 6.45) is -14.6. The van der Waals surface area contributed by atoms with Crippen LogP contribution in [0.5, 0.6) is 0 Å². The molecule has 4 amide bonds. The quantitative estimate of drug-likeness (QED) is 0.0201. The molecular formula is C62H115N4O32P. The van der Waals surface area contributed by atoms with E-state index in [1.54, 1.807) is 34.6 Å². The third-order valence-electron chi connectivity index (χ3n) is 16.2. The van der Waals surface area contributed by atoms with E-state index in [-0.39, 0.29) is 163 Å². The van der Waals surface area contributed by atoms with Crippen molar-refractivity contribution < 1.29 is 155 Å². The highest BCUT2D eigenvalue weighted by atomic mass is 31.2. The minimum atomic E-state index is -3.63. The summed E-state index contributed by atoms with van der Waals surface area (Å²) >= 11 is 0. The van der Waals surface area contributed by atoms with E-state index in [0.29, 0.717) is 46.2 Å². The van der Waals surface area contributed by atoms with Crippen LogP contribution < -0.4 is 21.3 Å². The first kappa shape index (κ1) is 90.0. The summed E-state index contributed by atoms with van der Waals surface area (Å²) in [7, 11) is -3.63. The summed E-state index contributed by atoms with van der Waals surface area (Å²) in [5.74, 6) is -5.59. The van der Waals surface area contributed by atoms with Crippen molar-refractivity contribution in [2.45, 2.75) is 159 Å². The number of nitrogens with one attached hydrogen (secondary N) is 4. The van der Waals surface area contributed by atoms with Gasteiger partial charge in [0.2, 0.25) is 23.6 Å². The average Bonchev–Trinajstić information content (AvgIpc) is 0.836. The second-order valence-electron chi connectivity index (χ2n) is 24.1. The Labute approximate surface area is 578 Å². The second-order valence-corrected chi connectivity index (χ2v) is 26.6. The summed E-state index contributed by atoms with van der Waals surface area (Å²) in [4.78, 5) is 77.2. The normalized spacial score (nSPS) is 26.9. The van der Waals surface area contributed by atoms with E-state index in [4.69, 9.17) is 75.6 Å². The fourth-order valence-corrected chi connectivity index (χ4v) is 10.5. The third-order valence-corrected chi connectivity index (χ3v) is 18.0. The Balaban J connectivity index is 1.49. The number of ketones is 1. The van der Waals surface area contributed by atoms with Crippen LogP contribution in [-0.2, 0) is 104 Å². The molecular weight excluding hydrogens is 1340 g/mol. The van der Waals surface area contributed by atoms with Gasteiger partial charge in [0, 0.05) is 69.0 Å². The SMILES string of the molecule is CC1C(OCCOCCNC(=O)CCC(NC(=O)CCC(CC(=O)CCOCCOCCOCCOCCOCCOCCOP(=O)(O)C(C)C)C(=O)NCCOCCOC2OC(CO)C(O)C(O)C2C)C(=O)NCCOCCOC2OC(CO)C(O)C(O)C2C)OC(CO)C(O)C1O. The topological polar surface area (TPSA) is 501 Å². The fraction of sp³-hybridized carbons (Fsp3) is 0.919. The van der Waals surface area contributed by atoms with Gasteiger partial charge < -0.3 is 148 Å². The van der Waals surface area contributed by atoms with Crippen molar-refractivity contribution in [3.63, 3.8) is 0 Å². The molecule has 18 atom stereocenters. The van der Waals surface area contributed by atoms with E-state index in [1.807, 2.05) is 0 Å². The van der Waals surface area contributed by atoms with Crippen LogP contribution in [-0.4, -0.2) is 351 Å². The molecule has 99 heavy (non-hydrogen) atoms. The van der Waals surface area contributed by atoms with Crippen molar-refractivity contribution in [2.75, 3.05) is 185 Å². The Morgan fingerprint density at radius 3 is 1.13 bits per heavy atom. The molecule has 3 saturated heterocycles. The molecule has 37 heteroatoms. The van der Waals surface area contributed by atoms with Gasteiger partial charge in [-0.05, 0) is 12.8 Å². The standard InChI is InChI=1S/C62H115N4O32P/c1-40(2)99(81,82)95-35-31-91-27-26-90-25-24-89-23-22-88-21-20-87-19-18-83-14-10-45(70)36-44(58(79)64-12-16-85-29-33-93-61-42(4)53(74)56(77)48(38-68)97-61)6-8-51(72)66-46(59(80)65-13-17-86-30-34-94-62-43(5)54(75)57(78)49(39-69)98-62)7-9-50(71)63-11-15-84-28-32-92-60-41(3)52(73)55(76)47(37-67)96-60/h40-44,46-49,52-57,60-62,67-69,73-78H,6-39H2,1-5H3,(H,63,71)(H,64,79)(H,65,80)(H,66,72)(H,81,82). The molecule has 3 rings (SSSR count). The van der Waals surface area contributed by atoms with E-state index in [9.17, 15) is 79.4 Å². The molecule has 3 aliphatic heterocycles. The van der Waals surface area contributed by atoms with E-state index in [2.05, 4.69) is 21.3 Å². The van der Waals surface area contributed by atoms with Crippen molar-refractivity contribution in [3.05, 3.63) is 0 Å². The minimum Gasteiger partial charge on any atom is -0.394 e. The summed E-state index contributed by atoms with van der Waals surface area (Å²) < 4.78 is 100. The van der Waals surface area contributed by atoms with E-state index < -0.39 is 160 Å². The maximum atomic E-state index is 13.7. The zero-order valence-corrected chi connectivity index (χ0v) is 58.7.